The summed E-state index contributed by atoms with van der Waals surface area (Å²) in [7, 11) is 0. The maximum Gasteiger partial charge on any atom is 0.490 e. The minimum Gasteiger partial charge on any atom is -0.463 e. The van der Waals surface area contributed by atoms with Crippen LogP contribution in [0.4, 0.5) is 57.8 Å². The molecule has 0 saturated carbocycles. The Labute approximate surface area is 354 Å². The van der Waals surface area contributed by atoms with Crippen molar-refractivity contribution in [2.45, 2.75) is 44.1 Å². The van der Waals surface area contributed by atoms with E-state index >= 15 is 0 Å². The molecule has 3 aromatic rings. The number of ether oxygens (including phenoxy) is 5. The highest BCUT2D eigenvalue weighted by Crippen LogP contribution is 2.50. The van der Waals surface area contributed by atoms with E-state index in [4.69, 9.17) is 44.3 Å². The fourth-order valence-corrected chi connectivity index (χ4v) is 6.35. The van der Waals surface area contributed by atoms with Crippen molar-refractivity contribution in [3.63, 3.8) is 0 Å². The zero-order chi connectivity index (χ0) is 45.8. The Balaban J connectivity index is 1.68. The highest BCUT2D eigenvalue weighted by molar-refractivity contribution is 8.08. The van der Waals surface area contributed by atoms with Crippen molar-refractivity contribution in [3.05, 3.63) is 98.1 Å². The Morgan fingerprint density at radius 2 is 0.823 bits per heavy atom. The second-order valence-electron chi connectivity index (χ2n) is 12.0. The predicted octanol–water partition coefficient (Wildman–Crippen LogP) is 9.61. The molecule has 0 bridgehead atoms. The first-order valence-corrected chi connectivity index (χ1v) is 20.4. The van der Waals surface area contributed by atoms with Gasteiger partial charge in [-0.3, -0.25) is 16.0 Å². The van der Waals surface area contributed by atoms with Crippen LogP contribution < -0.4 is 29.5 Å². The van der Waals surface area contributed by atoms with Crippen molar-refractivity contribution >= 4 is 65.8 Å². The molecule has 0 fully saturated rings. The number of alkyl halides is 6. The first-order valence-electron chi connectivity index (χ1n) is 17.8. The van der Waals surface area contributed by atoms with Gasteiger partial charge in [0.15, 0.2) is 0 Å². The predicted molar refractivity (Wildman–Crippen MR) is 212 cm³/mol. The summed E-state index contributed by atoms with van der Waals surface area (Å²) in [5.41, 5.74) is 0.282. The minimum absolute atomic E-state index is 0.0348. The monoisotopic (exact) mass is 921 g/mol. The van der Waals surface area contributed by atoms with Gasteiger partial charge in [-0.2, -0.15) is 26.3 Å². The van der Waals surface area contributed by atoms with Crippen LogP contribution in [0.2, 0.25) is 0 Å². The number of halogens is 6. The van der Waals surface area contributed by atoms with Crippen LogP contribution in [0.25, 0.3) is 0 Å². The molecule has 62 heavy (non-hydrogen) atoms. The van der Waals surface area contributed by atoms with Gasteiger partial charge in [0.25, 0.3) is 6.10 Å². The summed E-state index contributed by atoms with van der Waals surface area (Å²) in [4.78, 5) is 58.6. The molecule has 3 N–H and O–H groups in total. The quantitative estimate of drug-likeness (QED) is 0.0215. The Kier molecular flexibility index (Phi) is 19.4. The van der Waals surface area contributed by atoms with E-state index in [1.165, 1.54) is 48.5 Å². The summed E-state index contributed by atoms with van der Waals surface area (Å²) in [6.45, 7) is 2.93. The van der Waals surface area contributed by atoms with Gasteiger partial charge in [-0.05, 0) is 98.5 Å². The lowest BCUT2D eigenvalue weighted by Gasteiger charge is -2.24. The molecule has 0 aliphatic rings. The van der Waals surface area contributed by atoms with E-state index < -0.39 is 55.4 Å². The van der Waals surface area contributed by atoms with E-state index in [2.05, 4.69) is 28.5 Å². The number of unbranched alkanes of at least 4 members (excludes halogenated alkanes) is 2. The summed E-state index contributed by atoms with van der Waals surface area (Å²) < 4.78 is 118. The van der Waals surface area contributed by atoms with Gasteiger partial charge in [0.2, 0.25) is 0 Å². The summed E-state index contributed by atoms with van der Waals surface area (Å²) in [5.74, 6) is -1.08. The molecule has 0 aromatic heterocycles. The van der Waals surface area contributed by atoms with Crippen molar-refractivity contribution < 1.29 is 87.6 Å². The lowest BCUT2D eigenvalue weighted by atomic mass is 10.3. The second-order valence-corrected chi connectivity index (χ2v) is 14.8. The van der Waals surface area contributed by atoms with Crippen molar-refractivity contribution in [1.82, 2.24) is 0 Å². The number of anilines is 3. The molecule has 0 heterocycles. The first kappa shape index (κ1) is 49.9. The molecule has 16 nitrogen and oxygen atoms in total. The van der Waals surface area contributed by atoms with Gasteiger partial charge in [0.05, 0.1) is 26.4 Å². The first-order chi connectivity index (χ1) is 29.3. The Hall–Kier alpha value is -6.48. The van der Waals surface area contributed by atoms with Gasteiger partial charge in [0.1, 0.15) is 17.2 Å². The molecule has 0 radical (unpaired) electrons. The summed E-state index contributed by atoms with van der Waals surface area (Å²) in [6, 6.07) is 15.7. The van der Waals surface area contributed by atoms with Crippen molar-refractivity contribution in [1.29, 1.82) is 0 Å². The molecule has 3 aromatic carbocycles. The summed E-state index contributed by atoms with van der Waals surface area (Å²) in [6.07, 6.45) is -16.0. The number of hydrogen-bond acceptors (Lipinski definition) is 14. The molecule has 24 heteroatoms. The van der Waals surface area contributed by atoms with E-state index in [1.807, 2.05) is 0 Å². The van der Waals surface area contributed by atoms with Crippen molar-refractivity contribution in [2.24, 2.45) is 0 Å². The Bertz CT molecular complexity index is 1930. The van der Waals surface area contributed by atoms with Crippen LogP contribution in [0.3, 0.4) is 0 Å². The average Bonchev–Trinajstić information content (AvgIpc) is 3.20. The number of hydrogen-bond donors (Lipinski definition) is 3. The van der Waals surface area contributed by atoms with Crippen LogP contribution in [0, 0.1) is 0 Å². The largest absolute Gasteiger partial charge is 0.490 e. The third-order valence-electron chi connectivity index (χ3n) is 7.14. The maximum absolute atomic E-state index is 12.8. The van der Waals surface area contributed by atoms with Gasteiger partial charge >= 0.3 is 49.3 Å². The molecule has 0 saturated heterocycles. The lowest BCUT2D eigenvalue weighted by molar-refractivity contribution is -0.306. The fraction of sp³-hybridized carbons (Fsp3) is 0.289. The SMILES string of the molecule is C=CC(=O)OCCCCOC(=O)Nc1ccc(OP(=S)(Oc2ccc(NC(=O)OCCCCOC(=O)C=C)cc2)Oc2ccc(NC(=O)OC(C(F)(F)F)C(F)(F)F)cc2)cc1. The normalized spacial score (nSPS) is 11.3. The highest BCUT2D eigenvalue weighted by Gasteiger charge is 2.60. The van der Waals surface area contributed by atoms with E-state index in [1.54, 1.807) is 5.32 Å². The van der Waals surface area contributed by atoms with Crippen molar-refractivity contribution in [2.75, 3.05) is 42.4 Å². The molecule has 0 atom stereocenters. The standard InChI is InChI=1S/C38H38F6N3O13PS/c1-3-31(48)53-21-5-7-23-55-34(50)45-25-9-15-28(16-10-25)58-61(62,59-29-17-11-26(12-18-29)46-35(51)56-24-8-6-22-54-32(49)4-2)60-30-19-13-27(14-20-30)47-36(52)57-33(37(39,40)41)38(42,43)44/h3-4,9-20,33H,1-2,5-8,21-24H2,(H,45,50)(H,46,51)(H,47,52). The van der Waals surface area contributed by atoms with Gasteiger partial charge in [-0.25, -0.2) is 24.0 Å². The van der Waals surface area contributed by atoms with Crippen LogP contribution in [-0.2, 0) is 45.1 Å². The van der Waals surface area contributed by atoms with Gasteiger partial charge < -0.3 is 37.3 Å². The van der Waals surface area contributed by atoms with E-state index in [9.17, 15) is 50.3 Å². The third-order valence-corrected chi connectivity index (χ3v) is 9.11. The smallest absolute Gasteiger partial charge is 0.463 e. The molecular weight excluding hydrogens is 883 g/mol. The molecule has 0 aliphatic heterocycles. The van der Waals surface area contributed by atoms with E-state index in [0.717, 1.165) is 36.4 Å². The number of rotatable bonds is 22. The molecular formula is C38H38F6N3O13PS. The zero-order valence-electron chi connectivity index (χ0n) is 32.2. The van der Waals surface area contributed by atoms with Gasteiger partial charge in [-0.1, -0.05) is 13.2 Å². The molecule has 0 aliphatic carbocycles. The van der Waals surface area contributed by atoms with Crippen molar-refractivity contribution in [3.8, 4) is 17.2 Å². The summed E-state index contributed by atoms with van der Waals surface area (Å²) in [5, 5.41) is 6.79. The fourth-order valence-electron chi connectivity index (χ4n) is 4.32. The van der Waals surface area contributed by atoms with Crippen LogP contribution in [-0.4, -0.2) is 75.1 Å². The molecule has 3 rings (SSSR count). The topological polar surface area (TPSA) is 195 Å². The van der Waals surface area contributed by atoms with Crippen LogP contribution in [0.5, 0.6) is 17.2 Å². The van der Waals surface area contributed by atoms with Gasteiger partial charge in [0, 0.05) is 41.0 Å². The molecule has 336 valence electrons. The van der Waals surface area contributed by atoms with Gasteiger partial charge in [-0.15, -0.1) is 0 Å². The number of carbonyl (C=O) groups is 5. The van der Waals surface area contributed by atoms with Crippen LogP contribution in [0.1, 0.15) is 25.7 Å². The third kappa shape index (κ3) is 18.8. The average molecular weight is 922 g/mol. The van der Waals surface area contributed by atoms with Crippen LogP contribution in [0.15, 0.2) is 98.1 Å². The zero-order valence-corrected chi connectivity index (χ0v) is 33.9. The lowest BCUT2D eigenvalue weighted by Crippen LogP contribution is -2.46. The minimum atomic E-state index is -5.92. The molecule has 0 unspecified atom stereocenters. The van der Waals surface area contributed by atoms with E-state index in [0.29, 0.717) is 25.7 Å². The Morgan fingerprint density at radius 3 is 1.11 bits per heavy atom. The number of esters is 2. The second kappa shape index (κ2) is 24.1. The number of nitrogens with one attached hydrogen (secondary N) is 3. The molecule has 3 amide bonds. The highest BCUT2D eigenvalue weighted by atomic mass is 32.5. The number of amides is 3. The van der Waals surface area contributed by atoms with E-state index in [-0.39, 0.29) is 60.7 Å². The number of carbonyl (C=O) groups excluding carboxylic acids is 5. The van der Waals surface area contributed by atoms with Crippen LogP contribution >= 0.6 is 6.72 Å². The Morgan fingerprint density at radius 1 is 0.532 bits per heavy atom. The summed E-state index contributed by atoms with van der Waals surface area (Å²) >= 11 is 5.67. The molecule has 0 spiro atoms. The maximum atomic E-state index is 12.8. The number of benzene rings is 3.